The molecule has 4 unspecified atom stereocenters. The van der Waals surface area contributed by atoms with Crippen molar-refractivity contribution in [1.82, 2.24) is 45.4 Å². The van der Waals surface area contributed by atoms with Crippen molar-refractivity contribution in [2.45, 2.75) is 133 Å². The van der Waals surface area contributed by atoms with Gasteiger partial charge in [0.2, 0.25) is 18.2 Å². The number of nitrogens with one attached hydrogen (secondary N) is 2. The van der Waals surface area contributed by atoms with E-state index in [0.29, 0.717) is 74.6 Å². The van der Waals surface area contributed by atoms with Crippen molar-refractivity contribution in [2.75, 3.05) is 75.4 Å². The predicted molar refractivity (Wildman–Crippen MR) is 302 cm³/mol. The summed E-state index contributed by atoms with van der Waals surface area (Å²) in [4.78, 5) is 54.1. The number of piperazine rings is 2. The van der Waals surface area contributed by atoms with E-state index in [1.165, 1.54) is 10.5 Å². The lowest BCUT2D eigenvalue weighted by Crippen LogP contribution is -2.52. The molecule has 0 spiro atoms. The lowest BCUT2D eigenvalue weighted by molar-refractivity contribution is -0.201. The number of nitrogens with zero attached hydrogens (tertiary/aromatic N) is 10. The maximum Gasteiger partial charge on any atom is 0.319 e. The quantitative estimate of drug-likeness (QED) is 0.0754. The number of likely N-dealkylation sites (tertiary alicyclic amines) is 1. The number of fused-ring (bicyclic) bond motifs is 7. The van der Waals surface area contributed by atoms with Gasteiger partial charge >= 0.3 is 6.01 Å². The summed E-state index contributed by atoms with van der Waals surface area (Å²) >= 11 is 0. The van der Waals surface area contributed by atoms with Crippen LogP contribution in [-0.2, 0) is 14.3 Å². The zero-order chi connectivity index (χ0) is 55.8. The minimum atomic E-state index is -1.10. The Bertz CT molecular complexity index is 3410. The van der Waals surface area contributed by atoms with Gasteiger partial charge in [-0.05, 0) is 104 Å². The number of aromatic hydroxyl groups is 1. The van der Waals surface area contributed by atoms with Crippen LogP contribution in [0.4, 0.5) is 11.6 Å². The Kier molecular flexibility index (Phi) is 14.1. The van der Waals surface area contributed by atoms with Crippen molar-refractivity contribution in [3.05, 3.63) is 94.9 Å². The van der Waals surface area contributed by atoms with Crippen LogP contribution in [0.25, 0.3) is 32.9 Å². The molecule has 81 heavy (non-hydrogen) atoms. The van der Waals surface area contributed by atoms with Gasteiger partial charge in [-0.3, -0.25) is 24.4 Å². The Morgan fingerprint density at radius 1 is 0.963 bits per heavy atom. The van der Waals surface area contributed by atoms with E-state index in [1.807, 2.05) is 50.1 Å². The topological polar surface area (TPSA) is 242 Å². The van der Waals surface area contributed by atoms with Gasteiger partial charge in [-0.25, -0.2) is 0 Å². The summed E-state index contributed by atoms with van der Waals surface area (Å²) in [6, 6.07) is 20.8. The van der Waals surface area contributed by atoms with Gasteiger partial charge in [-0.1, -0.05) is 56.3 Å². The monoisotopic (exact) mass is 1100 g/mol. The molecule has 6 aliphatic heterocycles. The number of pyridine rings is 1. The van der Waals surface area contributed by atoms with Crippen LogP contribution in [0.5, 0.6) is 11.8 Å². The molecule has 10 atom stereocenters. The number of aliphatic hydroxyl groups excluding tert-OH is 2. The number of aromatic nitrogens is 4. The Labute approximate surface area is 471 Å². The predicted octanol–water partition coefficient (Wildman–Crippen LogP) is 5.89. The van der Waals surface area contributed by atoms with Gasteiger partial charge in [0.25, 0.3) is 0 Å². The molecule has 424 valence electrons. The van der Waals surface area contributed by atoms with Crippen molar-refractivity contribution in [3.63, 3.8) is 0 Å². The summed E-state index contributed by atoms with van der Waals surface area (Å²) < 4.78 is 19.1. The molecule has 20 heteroatoms. The summed E-state index contributed by atoms with van der Waals surface area (Å²) in [7, 11) is 0. The minimum Gasteiger partial charge on any atom is -0.508 e. The maximum atomic E-state index is 14.4. The Morgan fingerprint density at radius 3 is 2.52 bits per heavy atom. The molecule has 6 saturated heterocycles. The third-order valence-electron chi connectivity index (χ3n) is 18.8. The van der Waals surface area contributed by atoms with Crippen LogP contribution in [0.1, 0.15) is 119 Å². The first-order chi connectivity index (χ1) is 39.2. The third kappa shape index (κ3) is 9.78. The van der Waals surface area contributed by atoms with Crippen molar-refractivity contribution in [1.29, 1.82) is 5.26 Å². The Hall–Kier alpha value is -6.99. The molecule has 3 aromatic heterocycles. The fraction of sp³-hybridized carbons (Fsp3) is 0.525. The molecule has 6 aromatic rings. The number of aliphatic hydroxyl groups is 2. The van der Waals surface area contributed by atoms with Crippen molar-refractivity contribution in [2.24, 2.45) is 5.92 Å². The van der Waals surface area contributed by atoms with E-state index in [9.17, 15) is 30.2 Å². The molecule has 0 saturated carbocycles. The fourth-order valence-electron chi connectivity index (χ4n) is 14.6. The minimum absolute atomic E-state index is 0.0111. The normalized spacial score (nSPS) is 26.5. The summed E-state index contributed by atoms with van der Waals surface area (Å²) in [6.45, 7) is 13.4. The fourth-order valence-corrected chi connectivity index (χ4v) is 14.6. The van der Waals surface area contributed by atoms with Crippen LogP contribution in [-0.4, -0.2) is 170 Å². The zero-order valence-corrected chi connectivity index (χ0v) is 46.5. The smallest absolute Gasteiger partial charge is 0.319 e. The number of β-amino-alcohol motifs (C(OH)–C–C–N with tert-alkyl or cyclic N) is 1. The standard InChI is InChI=1S/C61H72N12O8/c1-34(2)51(58(77)72-31-44(75)25-48(72)57(76)64-36(4)38-11-9-37(27-62)10-12-38)49-26-50(68-81-49)69-19-21-70(22-20-69)60(78)79-32-42-15-17-61(16-6-18-73(42)61)33-80-59-66-55-47(56(67-59)71-29-40-13-14-41(30-71)65-40)28-63-54-46-24-43(74)23-39-7-5-8-45(53(39)46)35(3)52(54)55/h5,7-12,23-24,26,28,34-36,40-42,44,48,51,60,65,74-75,78H,6,13-22,25,29-33H2,1-4H3,(H,64,76)/t35?,36-,40?,41?,42-,44+,48-,51+,60?,61+/m0/s1. The van der Waals surface area contributed by atoms with Gasteiger partial charge in [0.1, 0.15) is 30.1 Å². The molecule has 2 amide bonds. The zero-order valence-electron chi connectivity index (χ0n) is 46.5. The molecule has 3 aromatic carbocycles. The average molecular weight is 1100 g/mol. The van der Waals surface area contributed by atoms with Crippen molar-refractivity contribution in [3.8, 4) is 29.1 Å². The number of carbonyl (C=O) groups excluding carboxylic acids is 2. The number of phenols is 1. The Balaban J connectivity index is 0.646. The van der Waals surface area contributed by atoms with Gasteiger partial charge in [-0.15, -0.1) is 0 Å². The number of anilines is 2. The molecule has 5 N–H and O–H groups in total. The van der Waals surface area contributed by atoms with Crippen LogP contribution < -0.4 is 25.2 Å². The second-order valence-electron chi connectivity index (χ2n) is 24.2. The van der Waals surface area contributed by atoms with Gasteiger partial charge in [0, 0.05) is 99.7 Å². The molecule has 7 aliphatic rings. The second-order valence-corrected chi connectivity index (χ2v) is 24.2. The lowest BCUT2D eigenvalue weighted by atomic mass is 9.79. The first kappa shape index (κ1) is 53.3. The average Bonchev–Trinajstić information content (AvgIpc) is 3.99. The van der Waals surface area contributed by atoms with Crippen LogP contribution in [0.15, 0.2) is 71.4 Å². The number of phenolic OH excluding ortho intramolecular Hbond substituents is 1. The van der Waals surface area contributed by atoms with Gasteiger partial charge in [0.05, 0.1) is 52.5 Å². The van der Waals surface area contributed by atoms with Crippen LogP contribution in [0, 0.1) is 17.2 Å². The highest BCUT2D eigenvalue weighted by molar-refractivity contribution is 6.06. The SMILES string of the molecule is CC1c2c(ncc3c(N4CC5CCC(C4)N5)nc(OC[C@]45CCCN4[C@H](COC(O)N4CCN(c6cc([C@H](C(=O)N7C[C@H](O)C[C@H]7C(=O)N[C@@H](C)c7ccc(C#N)cc7)C(C)C)on6)CC4)CC5)nc23)-c2cc(O)cc3cccc1c23. The number of hydrogen-bond acceptors (Lipinski definition) is 18. The van der Waals surface area contributed by atoms with Crippen molar-refractivity contribution >= 4 is 45.1 Å². The van der Waals surface area contributed by atoms with Gasteiger partial charge < -0.3 is 54.6 Å². The number of amides is 2. The molecule has 1 aliphatic carbocycles. The van der Waals surface area contributed by atoms with Crippen LogP contribution >= 0.6 is 0 Å². The third-order valence-corrected chi connectivity index (χ3v) is 18.8. The highest BCUT2D eigenvalue weighted by atomic mass is 16.6. The summed E-state index contributed by atoms with van der Waals surface area (Å²) in [5.41, 5.74) is 5.89. The highest BCUT2D eigenvalue weighted by Gasteiger charge is 2.51. The van der Waals surface area contributed by atoms with E-state index >= 15 is 0 Å². The molecular formula is C61H72N12O8. The van der Waals surface area contributed by atoms with E-state index in [2.05, 4.69) is 55.6 Å². The first-order valence-electron chi connectivity index (χ1n) is 29.1. The number of carbonyl (C=O) groups is 2. The van der Waals surface area contributed by atoms with Gasteiger partial charge in [-0.2, -0.15) is 15.2 Å². The lowest BCUT2D eigenvalue weighted by Gasteiger charge is -2.38. The van der Waals surface area contributed by atoms with E-state index in [1.54, 1.807) is 30.3 Å². The largest absolute Gasteiger partial charge is 0.508 e. The Morgan fingerprint density at radius 2 is 1.75 bits per heavy atom. The van der Waals surface area contributed by atoms with E-state index in [-0.39, 0.29) is 60.0 Å². The molecule has 20 nitrogen and oxygen atoms in total. The molecule has 13 rings (SSSR count). The van der Waals surface area contributed by atoms with Crippen LogP contribution in [0.3, 0.4) is 0 Å². The first-order valence-corrected chi connectivity index (χ1v) is 29.1. The summed E-state index contributed by atoms with van der Waals surface area (Å²) in [5, 5.41) is 56.5. The van der Waals surface area contributed by atoms with E-state index in [0.717, 1.165) is 108 Å². The number of hydrogen-bond donors (Lipinski definition) is 5. The van der Waals surface area contributed by atoms with E-state index < -0.39 is 24.5 Å². The number of nitriles is 1. The molecule has 0 radical (unpaired) electrons. The summed E-state index contributed by atoms with van der Waals surface area (Å²) in [6.07, 6.45) is 6.21. The van der Waals surface area contributed by atoms with Crippen LogP contribution in [0.2, 0.25) is 0 Å². The molecule has 9 heterocycles. The number of benzene rings is 3. The molecule has 2 bridgehead atoms. The highest BCUT2D eigenvalue weighted by Crippen LogP contribution is 2.49. The number of rotatable bonds is 15. The summed E-state index contributed by atoms with van der Waals surface area (Å²) in [5.74, 6) is 0.398. The maximum absolute atomic E-state index is 14.4. The molecular weight excluding hydrogens is 1030 g/mol. The van der Waals surface area contributed by atoms with Crippen molar-refractivity contribution < 1.29 is 38.9 Å². The van der Waals surface area contributed by atoms with Gasteiger partial charge in [0.15, 0.2) is 11.6 Å². The second kappa shape index (κ2) is 21.4. The van der Waals surface area contributed by atoms with E-state index in [4.69, 9.17) is 28.9 Å². The number of ether oxygens (including phenoxy) is 2. The molecule has 6 fully saturated rings.